The molecule has 0 saturated carbocycles. The molecule has 0 aliphatic rings. The molecule has 3 nitrogen and oxygen atoms in total. The van der Waals surface area contributed by atoms with E-state index in [-0.39, 0.29) is 11.4 Å². The Kier molecular flexibility index (Phi) is 1.67. The molecule has 0 spiro atoms. The molecule has 0 aliphatic heterocycles. The van der Waals surface area contributed by atoms with Crippen LogP contribution >= 0.6 is 0 Å². The van der Waals surface area contributed by atoms with Gasteiger partial charge in [0.15, 0.2) is 0 Å². The molecule has 2 aromatic rings. The average Bonchev–Trinajstić information content (AvgIpc) is 2.46. The molecule has 0 radical (unpaired) electrons. The van der Waals surface area contributed by atoms with Gasteiger partial charge in [0.2, 0.25) is 5.88 Å². The van der Waals surface area contributed by atoms with Crippen molar-refractivity contribution >= 4 is 16.8 Å². The molecule has 2 N–H and O–H groups in total. The number of hydrogen-bond donors (Lipinski definition) is 1. The highest BCUT2D eigenvalue weighted by Crippen LogP contribution is 2.32. The van der Waals surface area contributed by atoms with Gasteiger partial charge < -0.3 is 10.3 Å². The van der Waals surface area contributed by atoms with Crippen molar-refractivity contribution in [2.75, 3.05) is 5.73 Å². The molecule has 2 rings (SSSR count). The number of nitrogens with two attached hydrogens (primary N) is 1. The predicted molar refractivity (Wildman–Crippen MR) is 43.4 cm³/mol. The fraction of sp³-hybridized carbons (Fsp3) is 0.125. The van der Waals surface area contributed by atoms with Crippen LogP contribution in [0.3, 0.4) is 0 Å². The third kappa shape index (κ3) is 1.28. The van der Waals surface area contributed by atoms with Gasteiger partial charge in [-0.3, -0.25) is 0 Å². The number of aromatic nitrogens is 1. The van der Waals surface area contributed by atoms with E-state index in [9.17, 15) is 13.2 Å². The minimum Gasteiger partial charge on any atom is -0.367 e. The maximum atomic E-state index is 12.2. The zero-order valence-corrected chi connectivity index (χ0v) is 6.80. The van der Waals surface area contributed by atoms with E-state index in [1.807, 2.05) is 0 Å². The molecule has 0 unspecified atom stereocenters. The molecule has 0 atom stereocenters. The molecule has 74 valence electrons. The summed E-state index contributed by atoms with van der Waals surface area (Å²) in [7, 11) is 0. The Morgan fingerprint density at radius 1 is 1.29 bits per heavy atom. The zero-order valence-electron chi connectivity index (χ0n) is 6.80. The number of benzene rings is 1. The average molecular weight is 202 g/mol. The monoisotopic (exact) mass is 202 g/mol. The van der Waals surface area contributed by atoms with E-state index in [0.717, 1.165) is 12.1 Å². The lowest BCUT2D eigenvalue weighted by molar-refractivity contribution is -0.137. The number of rotatable bonds is 0. The van der Waals surface area contributed by atoms with Gasteiger partial charge in [0, 0.05) is 0 Å². The molecule has 0 saturated heterocycles. The van der Waals surface area contributed by atoms with Crippen LogP contribution in [0.1, 0.15) is 5.56 Å². The molecular formula is C8H5F3N2O. The van der Waals surface area contributed by atoms with Crippen molar-refractivity contribution in [2.45, 2.75) is 6.18 Å². The second-order valence-electron chi connectivity index (χ2n) is 2.78. The number of alkyl halides is 3. The molecule has 0 fully saturated rings. The van der Waals surface area contributed by atoms with Crippen molar-refractivity contribution in [3.63, 3.8) is 0 Å². The summed E-state index contributed by atoms with van der Waals surface area (Å²) in [5, 5.41) is 3.78. The minimum atomic E-state index is -4.37. The first-order chi connectivity index (χ1) is 6.48. The SMILES string of the molecule is Nc1onc2cc(C(F)(F)F)ccc12. The summed E-state index contributed by atoms with van der Waals surface area (Å²) in [6.07, 6.45) is -4.37. The highest BCUT2D eigenvalue weighted by Gasteiger charge is 2.30. The lowest BCUT2D eigenvalue weighted by Gasteiger charge is -2.04. The lowest BCUT2D eigenvalue weighted by atomic mass is 10.1. The molecule has 0 bridgehead atoms. The number of fused-ring (bicyclic) bond motifs is 1. The van der Waals surface area contributed by atoms with Gasteiger partial charge in [-0.2, -0.15) is 13.2 Å². The molecule has 0 aliphatic carbocycles. The van der Waals surface area contributed by atoms with Gasteiger partial charge >= 0.3 is 6.18 Å². The zero-order chi connectivity index (χ0) is 10.3. The van der Waals surface area contributed by atoms with Gasteiger partial charge in [0.05, 0.1) is 10.9 Å². The van der Waals surface area contributed by atoms with Crippen LogP contribution in [0.5, 0.6) is 0 Å². The minimum absolute atomic E-state index is 0.0220. The molecule has 1 heterocycles. The van der Waals surface area contributed by atoms with Gasteiger partial charge in [0.25, 0.3) is 0 Å². The number of hydrogen-bond acceptors (Lipinski definition) is 3. The summed E-state index contributed by atoms with van der Waals surface area (Å²) < 4.78 is 41.2. The van der Waals surface area contributed by atoms with Crippen LogP contribution in [0, 0.1) is 0 Å². The molecule has 0 amide bonds. The molecular weight excluding hydrogens is 197 g/mol. The largest absolute Gasteiger partial charge is 0.416 e. The standard InChI is InChI=1S/C8H5F3N2O/c9-8(10,11)4-1-2-5-6(3-4)13-14-7(5)12/h1-3H,12H2. The second kappa shape index (κ2) is 2.63. The number of nitrogen functional groups attached to an aromatic ring is 1. The number of halogens is 3. The quantitative estimate of drug-likeness (QED) is 0.713. The normalized spacial score (nSPS) is 12.2. The van der Waals surface area contributed by atoms with E-state index in [2.05, 4.69) is 9.68 Å². The van der Waals surface area contributed by atoms with Crippen molar-refractivity contribution in [1.82, 2.24) is 5.16 Å². The van der Waals surface area contributed by atoms with Crippen molar-refractivity contribution in [2.24, 2.45) is 0 Å². The van der Waals surface area contributed by atoms with Gasteiger partial charge in [-0.15, -0.1) is 0 Å². The van der Waals surface area contributed by atoms with E-state index >= 15 is 0 Å². The Bertz CT molecular complexity index is 475. The van der Waals surface area contributed by atoms with Crippen LogP contribution in [0.25, 0.3) is 10.9 Å². The summed E-state index contributed by atoms with van der Waals surface area (Å²) in [5.41, 5.74) is 4.67. The summed E-state index contributed by atoms with van der Waals surface area (Å²) in [6.45, 7) is 0. The summed E-state index contributed by atoms with van der Waals surface area (Å²) >= 11 is 0. The van der Waals surface area contributed by atoms with Crippen molar-refractivity contribution < 1.29 is 17.7 Å². The Balaban J connectivity index is 2.63. The fourth-order valence-electron chi connectivity index (χ4n) is 1.14. The first-order valence-corrected chi connectivity index (χ1v) is 3.70. The summed E-state index contributed by atoms with van der Waals surface area (Å²) in [4.78, 5) is 0. The van der Waals surface area contributed by atoms with E-state index < -0.39 is 11.7 Å². The maximum Gasteiger partial charge on any atom is 0.416 e. The fourth-order valence-corrected chi connectivity index (χ4v) is 1.14. The van der Waals surface area contributed by atoms with Crippen LogP contribution in [-0.4, -0.2) is 5.16 Å². The van der Waals surface area contributed by atoms with Gasteiger partial charge in [0.1, 0.15) is 5.52 Å². The molecule has 6 heteroatoms. The number of nitrogens with zero attached hydrogens (tertiary/aromatic N) is 1. The maximum absolute atomic E-state index is 12.2. The van der Waals surface area contributed by atoms with E-state index in [4.69, 9.17) is 5.73 Å². The Hall–Kier alpha value is -1.72. The van der Waals surface area contributed by atoms with E-state index in [0.29, 0.717) is 5.39 Å². The van der Waals surface area contributed by atoms with Crippen LogP contribution in [0.15, 0.2) is 22.7 Å². The van der Waals surface area contributed by atoms with E-state index in [1.54, 1.807) is 0 Å². The van der Waals surface area contributed by atoms with Crippen LogP contribution in [-0.2, 0) is 6.18 Å². The molecule has 1 aromatic carbocycles. The topological polar surface area (TPSA) is 52.0 Å². The lowest BCUT2D eigenvalue weighted by Crippen LogP contribution is -2.04. The summed E-state index contributed by atoms with van der Waals surface area (Å²) in [5.74, 6) is 0.0220. The van der Waals surface area contributed by atoms with E-state index in [1.165, 1.54) is 6.07 Å². The summed E-state index contributed by atoms with van der Waals surface area (Å²) in [6, 6.07) is 3.08. The molecule has 14 heavy (non-hydrogen) atoms. The third-order valence-corrected chi connectivity index (χ3v) is 1.83. The second-order valence-corrected chi connectivity index (χ2v) is 2.78. The van der Waals surface area contributed by atoms with Crippen LogP contribution in [0.2, 0.25) is 0 Å². The first-order valence-electron chi connectivity index (χ1n) is 3.70. The van der Waals surface area contributed by atoms with Crippen LogP contribution < -0.4 is 5.73 Å². The molecule has 1 aromatic heterocycles. The highest BCUT2D eigenvalue weighted by atomic mass is 19.4. The van der Waals surface area contributed by atoms with Gasteiger partial charge in [-0.25, -0.2) is 0 Å². The van der Waals surface area contributed by atoms with Crippen molar-refractivity contribution in [3.05, 3.63) is 23.8 Å². The Labute approximate surface area is 76.3 Å². The van der Waals surface area contributed by atoms with Gasteiger partial charge in [-0.1, -0.05) is 5.16 Å². The van der Waals surface area contributed by atoms with Gasteiger partial charge in [-0.05, 0) is 18.2 Å². The number of anilines is 1. The first kappa shape index (κ1) is 8.86. The smallest absolute Gasteiger partial charge is 0.367 e. The third-order valence-electron chi connectivity index (χ3n) is 1.83. The highest BCUT2D eigenvalue weighted by molar-refractivity contribution is 5.87. The van der Waals surface area contributed by atoms with Crippen LogP contribution in [0.4, 0.5) is 19.1 Å². The van der Waals surface area contributed by atoms with Crippen molar-refractivity contribution in [1.29, 1.82) is 0 Å². The Morgan fingerprint density at radius 3 is 2.64 bits per heavy atom. The predicted octanol–water partition coefficient (Wildman–Crippen LogP) is 2.43. The van der Waals surface area contributed by atoms with Crippen molar-refractivity contribution in [3.8, 4) is 0 Å². The Morgan fingerprint density at radius 2 is 2.00 bits per heavy atom.